The number of carboxylic acids is 2. The fourth-order valence-corrected chi connectivity index (χ4v) is 2.13. The number of hydrogen-bond donors (Lipinski definition) is 4. The number of nitrogens with zero attached hydrogens (tertiary/aromatic N) is 1. The molecule has 132 valence electrons. The van der Waals surface area contributed by atoms with E-state index >= 15 is 0 Å². The number of fused-ring (bicyclic) bond motifs is 1. The van der Waals surface area contributed by atoms with Gasteiger partial charge in [0.1, 0.15) is 0 Å². The zero-order valence-electron chi connectivity index (χ0n) is 12.8. The average Bonchev–Trinajstić information content (AvgIpc) is 2.75. The van der Waals surface area contributed by atoms with Crippen molar-refractivity contribution >= 4 is 38.9 Å². The van der Waals surface area contributed by atoms with E-state index in [1.54, 1.807) is 12.1 Å². The van der Waals surface area contributed by atoms with E-state index in [4.69, 9.17) is 16.1 Å². The number of hydrogen-bond acceptors (Lipinski definition) is 5. The summed E-state index contributed by atoms with van der Waals surface area (Å²) >= 11 is 0. The van der Waals surface area contributed by atoms with Crippen molar-refractivity contribution in [2.24, 2.45) is 5.84 Å². The van der Waals surface area contributed by atoms with Crippen LogP contribution in [0, 0.1) is 0 Å². The number of benzene rings is 1. The van der Waals surface area contributed by atoms with E-state index in [2.05, 4.69) is 0 Å². The lowest BCUT2D eigenvalue weighted by Gasteiger charge is -2.21. The molecule has 2 unspecified atom stereocenters. The van der Waals surface area contributed by atoms with Crippen molar-refractivity contribution in [3.63, 3.8) is 0 Å². The Balaban J connectivity index is 0. The van der Waals surface area contributed by atoms with Crippen LogP contribution in [0.15, 0.2) is 24.3 Å². The van der Waals surface area contributed by atoms with Crippen LogP contribution in [0.4, 0.5) is 0 Å². The maximum Gasteiger partial charge on any atom is 0.303 e. The van der Waals surface area contributed by atoms with Crippen molar-refractivity contribution in [1.29, 1.82) is 0 Å². The normalized spacial score (nSPS) is 17.9. The molecular formula is C14H24N2O5S2. The summed E-state index contributed by atoms with van der Waals surface area (Å²) in [6, 6.07) is 7.97. The third-order valence-corrected chi connectivity index (χ3v) is 3.24. The highest BCUT2D eigenvalue weighted by molar-refractivity contribution is 7.59. The molecule has 0 saturated heterocycles. The Bertz CT molecular complexity index is 500. The third kappa shape index (κ3) is 7.71. The first kappa shape index (κ1) is 24.0. The summed E-state index contributed by atoms with van der Waals surface area (Å²) in [6.07, 6.45) is -0.194. The highest BCUT2D eigenvalue weighted by atomic mass is 32.1. The molecule has 1 aliphatic carbocycles. The first-order chi connectivity index (χ1) is 9.82. The number of aliphatic carboxylic acids is 2. The molecule has 0 aromatic heterocycles. The Morgan fingerprint density at radius 1 is 1.17 bits per heavy atom. The average molecular weight is 364 g/mol. The minimum absolute atomic E-state index is 0. The van der Waals surface area contributed by atoms with E-state index in [-0.39, 0.29) is 45.9 Å². The van der Waals surface area contributed by atoms with Gasteiger partial charge in [-0.05, 0) is 17.5 Å². The molecule has 1 aliphatic rings. The number of nitrogens with two attached hydrogens (primary N) is 1. The summed E-state index contributed by atoms with van der Waals surface area (Å²) in [7, 11) is 1.79. The van der Waals surface area contributed by atoms with Gasteiger partial charge in [0.25, 0.3) is 0 Å². The number of aliphatic hydroxyl groups excluding tert-OH is 1. The van der Waals surface area contributed by atoms with Crippen LogP contribution in [0.25, 0.3) is 0 Å². The Labute approximate surface area is 149 Å². The van der Waals surface area contributed by atoms with Gasteiger partial charge in [-0.25, -0.2) is 5.01 Å². The maximum absolute atomic E-state index is 9.89. The van der Waals surface area contributed by atoms with E-state index in [0.717, 1.165) is 12.0 Å². The monoisotopic (exact) mass is 364 g/mol. The lowest BCUT2D eigenvalue weighted by Crippen LogP contribution is -2.40. The van der Waals surface area contributed by atoms with Gasteiger partial charge in [0.2, 0.25) is 0 Å². The van der Waals surface area contributed by atoms with Gasteiger partial charge in [0.05, 0.1) is 25.0 Å². The van der Waals surface area contributed by atoms with E-state index in [1.165, 1.54) is 5.56 Å². The molecule has 0 aliphatic heterocycles. The Hall–Kier alpha value is -1.26. The van der Waals surface area contributed by atoms with Crippen molar-refractivity contribution in [2.45, 2.75) is 31.4 Å². The molecule has 0 bridgehead atoms. The lowest BCUT2D eigenvalue weighted by atomic mass is 10.1. The standard InChI is InChI=1S/C10H14N2O.C4H6O4.2H2S/c1-12(11)9-6-7-4-2-3-5-8(7)10(9)13;5-3(6)1-2-4(7)8;;/h2-5,9-10,13H,6,11H2,1H3;1-2H2,(H,5,6)(H,7,8);2*1H2. The second-order valence-electron chi connectivity index (χ2n) is 4.87. The van der Waals surface area contributed by atoms with Crippen molar-refractivity contribution in [1.82, 2.24) is 5.01 Å². The molecule has 5 N–H and O–H groups in total. The summed E-state index contributed by atoms with van der Waals surface area (Å²) in [5, 5.41) is 27.3. The SMILES string of the molecule is CN(N)C1Cc2ccccc2C1O.O=C(O)CCC(=O)O.S.S. The van der Waals surface area contributed by atoms with Crippen molar-refractivity contribution in [3.05, 3.63) is 35.4 Å². The van der Waals surface area contributed by atoms with Crippen LogP contribution in [0.1, 0.15) is 30.1 Å². The topological polar surface area (TPSA) is 124 Å². The van der Waals surface area contributed by atoms with E-state index in [0.29, 0.717) is 0 Å². The molecule has 2 atom stereocenters. The smallest absolute Gasteiger partial charge is 0.303 e. The van der Waals surface area contributed by atoms with E-state index in [9.17, 15) is 14.7 Å². The number of likely N-dealkylation sites (N-methyl/N-ethyl adjacent to an activating group) is 1. The van der Waals surface area contributed by atoms with Crippen LogP contribution in [-0.2, 0) is 16.0 Å². The number of carbonyl (C=O) groups is 2. The predicted octanol–water partition coefficient (Wildman–Crippen LogP) is 0.612. The lowest BCUT2D eigenvalue weighted by molar-refractivity contribution is -0.143. The Kier molecular flexibility index (Phi) is 11.8. The second-order valence-corrected chi connectivity index (χ2v) is 4.87. The van der Waals surface area contributed by atoms with Gasteiger partial charge in [-0.1, -0.05) is 24.3 Å². The molecule has 0 saturated carbocycles. The van der Waals surface area contributed by atoms with Gasteiger partial charge in [-0.15, -0.1) is 0 Å². The van der Waals surface area contributed by atoms with Gasteiger partial charge >= 0.3 is 11.9 Å². The molecule has 7 nitrogen and oxygen atoms in total. The number of hydrazine groups is 1. The van der Waals surface area contributed by atoms with Crippen LogP contribution in [-0.4, -0.2) is 45.4 Å². The van der Waals surface area contributed by atoms with Crippen LogP contribution in [0.2, 0.25) is 0 Å². The highest BCUT2D eigenvalue weighted by Gasteiger charge is 2.32. The summed E-state index contributed by atoms with van der Waals surface area (Å²) in [5.74, 6) is 3.49. The van der Waals surface area contributed by atoms with Crippen LogP contribution in [0.5, 0.6) is 0 Å². The molecule has 1 aromatic carbocycles. The van der Waals surface area contributed by atoms with Crippen LogP contribution in [0.3, 0.4) is 0 Å². The first-order valence-electron chi connectivity index (χ1n) is 6.50. The van der Waals surface area contributed by atoms with Gasteiger partial charge in [-0.2, -0.15) is 27.0 Å². The third-order valence-electron chi connectivity index (χ3n) is 3.24. The zero-order chi connectivity index (χ0) is 16.0. The van der Waals surface area contributed by atoms with E-state index < -0.39 is 18.0 Å². The fourth-order valence-electron chi connectivity index (χ4n) is 2.13. The molecule has 2 rings (SSSR count). The molecule has 0 radical (unpaired) electrons. The Morgan fingerprint density at radius 3 is 2.04 bits per heavy atom. The first-order valence-corrected chi connectivity index (χ1v) is 6.50. The number of carboxylic acid groups (broad SMARTS) is 2. The summed E-state index contributed by atoms with van der Waals surface area (Å²) in [5.41, 5.74) is 2.22. The van der Waals surface area contributed by atoms with Crippen LogP contribution >= 0.6 is 27.0 Å². The highest BCUT2D eigenvalue weighted by Crippen LogP contribution is 2.32. The second kappa shape index (κ2) is 11.3. The molecule has 0 heterocycles. The number of aliphatic hydroxyl groups is 1. The molecule has 0 amide bonds. The zero-order valence-corrected chi connectivity index (χ0v) is 14.8. The maximum atomic E-state index is 9.89. The van der Waals surface area contributed by atoms with Crippen molar-refractivity contribution in [3.8, 4) is 0 Å². The molecule has 0 spiro atoms. The summed E-state index contributed by atoms with van der Waals surface area (Å²) in [4.78, 5) is 19.3. The van der Waals surface area contributed by atoms with E-state index in [1.807, 2.05) is 24.3 Å². The number of rotatable bonds is 4. The minimum Gasteiger partial charge on any atom is -0.481 e. The van der Waals surface area contributed by atoms with Gasteiger partial charge in [0.15, 0.2) is 0 Å². The fraction of sp³-hybridized carbons (Fsp3) is 0.429. The molecule has 23 heavy (non-hydrogen) atoms. The van der Waals surface area contributed by atoms with Gasteiger partial charge in [0, 0.05) is 7.05 Å². The minimum atomic E-state index is -1.08. The summed E-state index contributed by atoms with van der Waals surface area (Å²) < 4.78 is 0. The molecule has 0 fully saturated rings. The van der Waals surface area contributed by atoms with Gasteiger partial charge < -0.3 is 15.3 Å². The summed E-state index contributed by atoms with van der Waals surface area (Å²) in [6.45, 7) is 0. The van der Waals surface area contributed by atoms with Crippen molar-refractivity contribution < 1.29 is 24.9 Å². The Morgan fingerprint density at radius 2 is 1.65 bits per heavy atom. The largest absolute Gasteiger partial charge is 0.481 e. The molecular weight excluding hydrogens is 340 g/mol. The van der Waals surface area contributed by atoms with Crippen LogP contribution < -0.4 is 5.84 Å². The van der Waals surface area contributed by atoms with Crippen molar-refractivity contribution in [2.75, 3.05) is 7.05 Å². The van der Waals surface area contributed by atoms with Gasteiger partial charge in [-0.3, -0.25) is 15.4 Å². The predicted molar refractivity (Wildman–Crippen MR) is 96.1 cm³/mol. The quantitative estimate of drug-likeness (QED) is 0.456. The molecule has 1 aromatic rings. The molecule has 9 heteroatoms.